The molecule has 0 aliphatic carbocycles. The molecule has 24 heavy (non-hydrogen) atoms. The molecule has 2 heterocycles. The molecule has 5 heteroatoms. The molecular formula is C19H25FN4. The van der Waals surface area contributed by atoms with Gasteiger partial charge in [-0.1, -0.05) is 19.1 Å². The Morgan fingerprint density at radius 2 is 1.92 bits per heavy atom. The molecule has 0 radical (unpaired) electrons. The first kappa shape index (κ1) is 16.8. The number of hydrogen-bond acceptors (Lipinski definition) is 4. The molecule has 3 rings (SSSR count). The number of nitrogens with zero attached hydrogens (tertiary/aromatic N) is 3. The van der Waals surface area contributed by atoms with Crippen molar-refractivity contribution in [2.24, 2.45) is 0 Å². The van der Waals surface area contributed by atoms with Gasteiger partial charge in [-0.15, -0.1) is 0 Å². The van der Waals surface area contributed by atoms with Crippen molar-refractivity contribution < 1.29 is 4.39 Å². The van der Waals surface area contributed by atoms with Gasteiger partial charge < -0.3 is 10.2 Å². The highest BCUT2D eigenvalue weighted by Crippen LogP contribution is 2.27. The van der Waals surface area contributed by atoms with Crippen molar-refractivity contribution in [2.45, 2.75) is 32.6 Å². The van der Waals surface area contributed by atoms with Crippen LogP contribution in [0.4, 0.5) is 10.2 Å². The number of likely N-dealkylation sites (tertiary alicyclic amines) is 1. The molecule has 128 valence electrons. The fourth-order valence-electron chi connectivity index (χ4n) is 3.18. The topological polar surface area (TPSA) is 41.1 Å². The number of nitrogens with one attached hydrogen (secondary N) is 1. The number of rotatable bonds is 6. The van der Waals surface area contributed by atoms with Gasteiger partial charge >= 0.3 is 0 Å². The van der Waals surface area contributed by atoms with Crippen LogP contribution in [0.5, 0.6) is 0 Å². The van der Waals surface area contributed by atoms with Crippen LogP contribution >= 0.6 is 0 Å². The number of aromatic nitrogens is 2. The van der Waals surface area contributed by atoms with Crippen molar-refractivity contribution in [3.63, 3.8) is 0 Å². The summed E-state index contributed by atoms with van der Waals surface area (Å²) in [6.07, 6.45) is 4.40. The van der Waals surface area contributed by atoms with E-state index in [2.05, 4.69) is 27.1 Å². The Bertz CT molecular complexity index is 666. The van der Waals surface area contributed by atoms with Crippen molar-refractivity contribution in [1.29, 1.82) is 0 Å². The minimum atomic E-state index is -0.217. The third-order valence-corrected chi connectivity index (χ3v) is 4.62. The third kappa shape index (κ3) is 4.09. The zero-order valence-corrected chi connectivity index (χ0v) is 14.4. The standard InChI is InChI=1S/C19H25FN4/c1-14-13-22-19(21-9-12-24-10-3-4-11-24)18(23-14)15(2)16-5-7-17(20)8-6-16/h5-8,13,15H,3-4,9-12H2,1-2H3,(H,21,22). The molecule has 2 aromatic rings. The molecule has 0 bridgehead atoms. The molecule has 1 aliphatic rings. The van der Waals surface area contributed by atoms with Crippen LogP contribution in [0.3, 0.4) is 0 Å². The number of halogens is 1. The molecule has 1 unspecified atom stereocenters. The van der Waals surface area contributed by atoms with Gasteiger partial charge in [0, 0.05) is 19.0 Å². The van der Waals surface area contributed by atoms with Crippen LogP contribution in [-0.2, 0) is 0 Å². The van der Waals surface area contributed by atoms with E-state index >= 15 is 0 Å². The summed E-state index contributed by atoms with van der Waals surface area (Å²) in [6, 6.07) is 6.63. The molecule has 1 N–H and O–H groups in total. The molecule has 1 aliphatic heterocycles. The number of hydrogen-bond donors (Lipinski definition) is 1. The van der Waals surface area contributed by atoms with Crippen molar-refractivity contribution in [3.8, 4) is 0 Å². The molecule has 0 saturated carbocycles. The van der Waals surface area contributed by atoms with Gasteiger partial charge in [0.15, 0.2) is 0 Å². The van der Waals surface area contributed by atoms with E-state index in [1.54, 1.807) is 6.20 Å². The predicted octanol–water partition coefficient (Wildman–Crippen LogP) is 3.58. The summed E-state index contributed by atoms with van der Waals surface area (Å²) >= 11 is 0. The zero-order chi connectivity index (χ0) is 16.9. The van der Waals surface area contributed by atoms with Crippen molar-refractivity contribution in [1.82, 2.24) is 14.9 Å². The summed E-state index contributed by atoms with van der Waals surface area (Å²) in [4.78, 5) is 11.7. The van der Waals surface area contributed by atoms with Gasteiger partial charge in [-0.05, 0) is 50.6 Å². The zero-order valence-electron chi connectivity index (χ0n) is 14.4. The summed E-state index contributed by atoms with van der Waals surface area (Å²) in [7, 11) is 0. The fraction of sp³-hybridized carbons (Fsp3) is 0.474. The summed E-state index contributed by atoms with van der Waals surface area (Å²) in [5.41, 5.74) is 2.85. The first-order valence-corrected chi connectivity index (χ1v) is 8.68. The van der Waals surface area contributed by atoms with Crippen molar-refractivity contribution in [3.05, 3.63) is 53.2 Å². The highest BCUT2D eigenvalue weighted by atomic mass is 19.1. The third-order valence-electron chi connectivity index (χ3n) is 4.62. The number of benzene rings is 1. The smallest absolute Gasteiger partial charge is 0.148 e. The molecule has 0 amide bonds. The Kier molecular flexibility index (Phi) is 5.41. The minimum absolute atomic E-state index is 0.0623. The molecule has 1 aromatic carbocycles. The maximum absolute atomic E-state index is 13.2. The fourth-order valence-corrected chi connectivity index (χ4v) is 3.18. The van der Waals surface area contributed by atoms with Crippen LogP contribution < -0.4 is 5.32 Å². The number of anilines is 1. The minimum Gasteiger partial charge on any atom is -0.367 e. The SMILES string of the molecule is Cc1cnc(NCCN2CCCC2)c(C(C)c2ccc(F)cc2)n1. The first-order valence-electron chi connectivity index (χ1n) is 8.68. The summed E-state index contributed by atoms with van der Waals surface area (Å²) < 4.78 is 13.2. The quantitative estimate of drug-likeness (QED) is 0.880. The Morgan fingerprint density at radius 1 is 1.21 bits per heavy atom. The average molecular weight is 328 g/mol. The lowest BCUT2D eigenvalue weighted by atomic mass is 9.97. The lowest BCUT2D eigenvalue weighted by Gasteiger charge is -2.19. The van der Waals surface area contributed by atoms with Crippen molar-refractivity contribution >= 4 is 5.82 Å². The van der Waals surface area contributed by atoms with Gasteiger partial charge in [0.1, 0.15) is 11.6 Å². The van der Waals surface area contributed by atoms with Crippen LogP contribution in [0.15, 0.2) is 30.5 Å². The van der Waals surface area contributed by atoms with Crippen LogP contribution in [0.2, 0.25) is 0 Å². The summed E-state index contributed by atoms with van der Waals surface area (Å²) in [5, 5.41) is 3.44. The average Bonchev–Trinajstić information content (AvgIpc) is 3.09. The highest BCUT2D eigenvalue weighted by Gasteiger charge is 2.17. The Hall–Kier alpha value is -2.01. The van der Waals surface area contributed by atoms with E-state index in [4.69, 9.17) is 0 Å². The van der Waals surface area contributed by atoms with Crippen molar-refractivity contribution in [2.75, 3.05) is 31.5 Å². The molecule has 4 nitrogen and oxygen atoms in total. The van der Waals surface area contributed by atoms with E-state index in [1.807, 2.05) is 19.1 Å². The van der Waals surface area contributed by atoms with E-state index in [9.17, 15) is 4.39 Å². The molecular weight excluding hydrogens is 303 g/mol. The number of aryl methyl sites for hydroxylation is 1. The highest BCUT2D eigenvalue weighted by molar-refractivity contribution is 5.45. The summed E-state index contributed by atoms with van der Waals surface area (Å²) in [5.74, 6) is 0.675. The molecule has 1 atom stereocenters. The molecule has 1 aromatic heterocycles. The lowest BCUT2D eigenvalue weighted by Crippen LogP contribution is -2.26. The van der Waals surface area contributed by atoms with Gasteiger partial charge in [-0.2, -0.15) is 0 Å². The van der Waals surface area contributed by atoms with Crippen LogP contribution in [0.1, 0.15) is 42.6 Å². The largest absolute Gasteiger partial charge is 0.367 e. The molecule has 0 spiro atoms. The van der Waals surface area contributed by atoms with Crippen LogP contribution in [-0.4, -0.2) is 41.0 Å². The second kappa shape index (κ2) is 7.71. The lowest BCUT2D eigenvalue weighted by molar-refractivity contribution is 0.352. The first-order chi connectivity index (χ1) is 11.6. The maximum atomic E-state index is 13.2. The van der Waals surface area contributed by atoms with Gasteiger partial charge in [0.25, 0.3) is 0 Å². The molecule has 1 saturated heterocycles. The Labute approximate surface area is 143 Å². The Morgan fingerprint density at radius 3 is 2.62 bits per heavy atom. The molecule has 1 fully saturated rings. The second-order valence-electron chi connectivity index (χ2n) is 6.49. The van der Waals surface area contributed by atoms with Gasteiger partial charge in [-0.25, -0.2) is 9.37 Å². The predicted molar refractivity (Wildman–Crippen MR) is 94.8 cm³/mol. The normalized spacial score (nSPS) is 16.3. The van der Waals surface area contributed by atoms with Gasteiger partial charge in [0.2, 0.25) is 0 Å². The maximum Gasteiger partial charge on any atom is 0.148 e. The monoisotopic (exact) mass is 328 g/mol. The van der Waals surface area contributed by atoms with Gasteiger partial charge in [-0.3, -0.25) is 4.98 Å². The second-order valence-corrected chi connectivity index (χ2v) is 6.49. The van der Waals surface area contributed by atoms with Gasteiger partial charge in [0.05, 0.1) is 17.6 Å². The van der Waals surface area contributed by atoms with E-state index in [0.29, 0.717) is 0 Å². The van der Waals surface area contributed by atoms with Crippen LogP contribution in [0.25, 0.3) is 0 Å². The summed E-state index contributed by atoms with van der Waals surface area (Å²) in [6.45, 7) is 8.31. The van der Waals surface area contributed by atoms with E-state index in [0.717, 1.165) is 35.9 Å². The van der Waals surface area contributed by atoms with Crippen LogP contribution in [0, 0.1) is 12.7 Å². The van der Waals surface area contributed by atoms with E-state index in [1.165, 1.54) is 38.1 Å². The Balaban J connectivity index is 1.73. The van der Waals surface area contributed by atoms with E-state index < -0.39 is 0 Å². The van der Waals surface area contributed by atoms with E-state index in [-0.39, 0.29) is 11.7 Å².